The molecule has 45 heavy (non-hydrogen) atoms. The van der Waals surface area contributed by atoms with Gasteiger partial charge in [0.1, 0.15) is 23.2 Å². The van der Waals surface area contributed by atoms with Gasteiger partial charge in [-0.25, -0.2) is 0 Å². The Balaban J connectivity index is 1.16. The fourth-order valence-electron chi connectivity index (χ4n) is 5.83. The molecule has 9 nitrogen and oxygen atoms in total. The van der Waals surface area contributed by atoms with E-state index in [-0.39, 0.29) is 30.6 Å². The minimum Gasteiger partial charge on any atom is -0.507 e. The summed E-state index contributed by atoms with van der Waals surface area (Å²) in [7, 11) is 1.78. The molecule has 1 aromatic heterocycles. The van der Waals surface area contributed by atoms with Crippen LogP contribution < -0.4 is 5.32 Å². The van der Waals surface area contributed by atoms with Crippen LogP contribution in [0.2, 0.25) is 5.02 Å². The Kier molecular flexibility index (Phi) is 8.90. The van der Waals surface area contributed by atoms with E-state index in [0.717, 1.165) is 11.1 Å². The van der Waals surface area contributed by atoms with Crippen molar-refractivity contribution in [3.8, 4) is 28.8 Å². The maximum atomic E-state index is 13.6. The highest BCUT2D eigenvalue weighted by Gasteiger charge is 2.52. The number of hydrogen-bond donors (Lipinski definition) is 2. The van der Waals surface area contributed by atoms with Crippen LogP contribution >= 0.6 is 11.6 Å². The number of nitrogens with zero attached hydrogens (tertiary/aromatic N) is 3. The molecule has 3 heterocycles. The number of aromatic hydroxyl groups is 1. The van der Waals surface area contributed by atoms with Gasteiger partial charge < -0.3 is 19.9 Å². The molecule has 0 saturated carbocycles. The van der Waals surface area contributed by atoms with Crippen LogP contribution in [-0.4, -0.2) is 63.2 Å². The van der Waals surface area contributed by atoms with Gasteiger partial charge in [0, 0.05) is 54.3 Å². The van der Waals surface area contributed by atoms with Crippen molar-refractivity contribution in [2.24, 2.45) is 7.05 Å². The van der Waals surface area contributed by atoms with Gasteiger partial charge in [0.2, 0.25) is 11.8 Å². The molecule has 6 rings (SSSR count). The molecular weight excluding hydrogens is 592 g/mol. The van der Waals surface area contributed by atoms with Crippen LogP contribution in [-0.2, 0) is 32.5 Å². The number of nitrogens with one attached hydrogen (secondary N) is 1. The summed E-state index contributed by atoms with van der Waals surface area (Å²) in [4.78, 5) is 28.9. The Labute approximate surface area is 266 Å². The SMILES string of the molecule is Cn1cc(C#Cc2ccc(NC(=O)[C@@H]3COC4(CCOCC4)N3C(=O)CCc3ccccc3)cc2)c(-c2cc(Cl)ccc2O)n1. The number of rotatable bonds is 6. The minimum absolute atomic E-state index is 0.0631. The zero-order valence-electron chi connectivity index (χ0n) is 24.8. The van der Waals surface area contributed by atoms with Gasteiger partial charge in [0.15, 0.2) is 0 Å². The quantitative estimate of drug-likeness (QED) is 0.288. The monoisotopic (exact) mass is 624 g/mol. The van der Waals surface area contributed by atoms with Crippen molar-refractivity contribution in [2.75, 3.05) is 25.1 Å². The summed E-state index contributed by atoms with van der Waals surface area (Å²) in [5.74, 6) is 5.91. The van der Waals surface area contributed by atoms with Crippen LogP contribution in [0.1, 0.15) is 36.0 Å². The van der Waals surface area contributed by atoms with E-state index >= 15 is 0 Å². The number of aromatic nitrogens is 2. The predicted octanol–water partition coefficient (Wildman–Crippen LogP) is 5.15. The number of halogens is 1. The van der Waals surface area contributed by atoms with E-state index in [0.29, 0.717) is 60.0 Å². The van der Waals surface area contributed by atoms with Crippen molar-refractivity contribution in [1.29, 1.82) is 0 Å². The summed E-state index contributed by atoms with van der Waals surface area (Å²) in [6.07, 6.45) is 3.69. The van der Waals surface area contributed by atoms with Crippen molar-refractivity contribution < 1.29 is 24.2 Å². The lowest BCUT2D eigenvalue weighted by atomic mass is 9.99. The molecule has 2 aliphatic heterocycles. The molecule has 3 aromatic carbocycles. The lowest BCUT2D eigenvalue weighted by Gasteiger charge is -2.41. The first kappa shape index (κ1) is 30.4. The molecule has 0 aliphatic carbocycles. The second-order valence-corrected chi connectivity index (χ2v) is 11.6. The standard InChI is InChI=1S/C35H33ClN4O5/c1-39-22-26(33(38-39)29-21-27(36)12-15-31(29)41)11-7-25-8-13-28(14-9-25)37-34(43)30-23-45-35(17-19-44-20-18-35)40(30)32(42)16-10-24-5-3-2-4-6-24/h2-6,8-9,12-15,21-22,30,41H,10,16-20,23H2,1H3,(H,37,43)/t30-/m0/s1. The second kappa shape index (κ2) is 13.2. The number of hydrogen-bond acceptors (Lipinski definition) is 6. The van der Waals surface area contributed by atoms with Gasteiger partial charge in [-0.05, 0) is 54.4 Å². The number of phenols is 1. The Bertz CT molecular complexity index is 1750. The molecule has 230 valence electrons. The highest BCUT2D eigenvalue weighted by molar-refractivity contribution is 6.31. The van der Waals surface area contributed by atoms with E-state index < -0.39 is 11.8 Å². The van der Waals surface area contributed by atoms with E-state index in [2.05, 4.69) is 22.3 Å². The van der Waals surface area contributed by atoms with Crippen LogP contribution in [0.3, 0.4) is 0 Å². The van der Waals surface area contributed by atoms with Crippen LogP contribution in [0.4, 0.5) is 5.69 Å². The van der Waals surface area contributed by atoms with Gasteiger partial charge in [-0.15, -0.1) is 0 Å². The van der Waals surface area contributed by atoms with Crippen LogP contribution in [0.15, 0.2) is 79.0 Å². The van der Waals surface area contributed by atoms with Crippen molar-refractivity contribution in [2.45, 2.75) is 37.5 Å². The number of aryl methyl sites for hydroxylation is 2. The van der Waals surface area contributed by atoms with E-state index in [9.17, 15) is 14.7 Å². The maximum absolute atomic E-state index is 13.6. The Hall–Kier alpha value is -4.62. The third-order valence-electron chi connectivity index (χ3n) is 8.11. The molecule has 1 atom stereocenters. The number of benzene rings is 3. The van der Waals surface area contributed by atoms with Crippen molar-refractivity contribution in [3.63, 3.8) is 0 Å². The second-order valence-electron chi connectivity index (χ2n) is 11.2. The van der Waals surface area contributed by atoms with Gasteiger partial charge in [-0.3, -0.25) is 19.2 Å². The smallest absolute Gasteiger partial charge is 0.249 e. The molecule has 2 fully saturated rings. The van der Waals surface area contributed by atoms with E-state index in [4.69, 9.17) is 21.1 Å². The molecule has 2 aliphatic rings. The first-order valence-electron chi connectivity index (χ1n) is 14.8. The summed E-state index contributed by atoms with van der Waals surface area (Å²) in [6, 6.07) is 21.0. The molecule has 2 saturated heterocycles. The normalized spacial score (nSPS) is 17.1. The van der Waals surface area contributed by atoms with Crippen LogP contribution in [0.5, 0.6) is 5.75 Å². The molecule has 0 bridgehead atoms. The van der Waals surface area contributed by atoms with E-state index in [1.165, 1.54) is 6.07 Å². The highest BCUT2D eigenvalue weighted by atomic mass is 35.5. The zero-order valence-corrected chi connectivity index (χ0v) is 25.6. The van der Waals surface area contributed by atoms with Crippen LogP contribution in [0, 0.1) is 11.8 Å². The van der Waals surface area contributed by atoms with Gasteiger partial charge in [-0.2, -0.15) is 5.10 Å². The van der Waals surface area contributed by atoms with Gasteiger partial charge in [-0.1, -0.05) is 53.8 Å². The number of ether oxygens (including phenoxy) is 2. The average Bonchev–Trinajstić information content (AvgIpc) is 3.61. The zero-order chi connectivity index (χ0) is 31.4. The molecular formula is C35H33ClN4O5. The van der Waals surface area contributed by atoms with Gasteiger partial charge in [0.25, 0.3) is 0 Å². The van der Waals surface area contributed by atoms with Crippen molar-refractivity contribution in [3.05, 3.63) is 101 Å². The van der Waals surface area contributed by atoms with Crippen molar-refractivity contribution in [1.82, 2.24) is 14.7 Å². The molecule has 0 unspecified atom stereocenters. The van der Waals surface area contributed by atoms with Crippen LogP contribution in [0.25, 0.3) is 11.3 Å². The fraction of sp³-hybridized carbons (Fsp3) is 0.286. The lowest BCUT2D eigenvalue weighted by molar-refractivity contribution is -0.170. The number of carbonyl (C=O) groups is 2. The topological polar surface area (TPSA) is 106 Å². The molecule has 2 amide bonds. The summed E-state index contributed by atoms with van der Waals surface area (Å²) >= 11 is 6.15. The minimum atomic E-state index is -0.833. The molecule has 4 aromatic rings. The molecule has 2 N–H and O–H groups in total. The fourth-order valence-corrected chi connectivity index (χ4v) is 6.00. The number of anilines is 1. The molecule has 1 spiro atoms. The maximum Gasteiger partial charge on any atom is 0.249 e. The molecule has 0 radical (unpaired) electrons. The average molecular weight is 625 g/mol. The number of phenolic OH excluding ortho intramolecular Hbond substituents is 1. The lowest BCUT2D eigenvalue weighted by Crippen LogP contribution is -2.56. The predicted molar refractivity (Wildman–Crippen MR) is 171 cm³/mol. The number of carbonyl (C=O) groups excluding carboxylic acids is 2. The third-order valence-corrected chi connectivity index (χ3v) is 8.35. The van der Waals surface area contributed by atoms with Crippen molar-refractivity contribution >= 4 is 29.1 Å². The Morgan fingerprint density at radius 3 is 2.58 bits per heavy atom. The first-order chi connectivity index (χ1) is 21.8. The first-order valence-corrected chi connectivity index (χ1v) is 15.2. The summed E-state index contributed by atoms with van der Waals surface area (Å²) in [6.45, 7) is 1.07. The summed E-state index contributed by atoms with van der Waals surface area (Å²) in [5.41, 5.74) is 3.20. The highest BCUT2D eigenvalue weighted by Crippen LogP contribution is 2.38. The van der Waals surface area contributed by atoms with Gasteiger partial charge >= 0.3 is 0 Å². The third kappa shape index (κ3) is 6.74. The summed E-state index contributed by atoms with van der Waals surface area (Å²) < 4.78 is 13.4. The molecule has 10 heteroatoms. The number of amides is 2. The van der Waals surface area contributed by atoms with E-state index in [1.807, 2.05) is 42.5 Å². The van der Waals surface area contributed by atoms with Gasteiger partial charge in [0.05, 0.1) is 25.4 Å². The Morgan fingerprint density at radius 1 is 1.07 bits per heavy atom. The largest absolute Gasteiger partial charge is 0.507 e. The summed E-state index contributed by atoms with van der Waals surface area (Å²) in [5, 5.41) is 18.3. The Morgan fingerprint density at radius 2 is 1.82 bits per heavy atom. The van der Waals surface area contributed by atoms with E-state index in [1.54, 1.807) is 47.1 Å².